The molecule has 5 heteroatoms. The summed E-state index contributed by atoms with van der Waals surface area (Å²) < 4.78 is 10.8. The van der Waals surface area contributed by atoms with Gasteiger partial charge in [0.25, 0.3) is 5.91 Å². The van der Waals surface area contributed by atoms with E-state index in [4.69, 9.17) is 9.47 Å². The maximum Gasteiger partial charge on any atom is 0.344 e. The van der Waals surface area contributed by atoms with Gasteiger partial charge in [0.2, 0.25) is 0 Å². The zero-order chi connectivity index (χ0) is 20.1. The molecule has 0 fully saturated rings. The van der Waals surface area contributed by atoms with Gasteiger partial charge in [-0.05, 0) is 69.9 Å². The molecule has 0 spiro atoms. The van der Waals surface area contributed by atoms with Crippen LogP contribution in [0.1, 0.15) is 34.7 Å². The normalized spacial score (nSPS) is 11.6. The van der Waals surface area contributed by atoms with Crippen molar-refractivity contribution >= 4 is 17.6 Å². The largest absolute Gasteiger partial charge is 0.481 e. The average Bonchev–Trinajstić information content (AvgIpc) is 2.57. The minimum absolute atomic E-state index is 0.244. The van der Waals surface area contributed by atoms with Gasteiger partial charge in [-0.1, -0.05) is 29.8 Å². The van der Waals surface area contributed by atoms with Gasteiger partial charge in [0.05, 0.1) is 0 Å². The van der Waals surface area contributed by atoms with Crippen molar-refractivity contribution in [2.45, 2.75) is 47.6 Å². The Labute approximate surface area is 160 Å². The lowest BCUT2D eigenvalue weighted by Crippen LogP contribution is -2.32. The smallest absolute Gasteiger partial charge is 0.344 e. The van der Waals surface area contributed by atoms with E-state index < -0.39 is 12.1 Å². The molecule has 1 atom stereocenters. The van der Waals surface area contributed by atoms with Crippen LogP contribution >= 0.6 is 0 Å². The van der Waals surface area contributed by atoms with E-state index in [-0.39, 0.29) is 12.5 Å². The molecular weight excluding hydrogens is 342 g/mol. The monoisotopic (exact) mass is 369 g/mol. The fourth-order valence-electron chi connectivity index (χ4n) is 2.92. The van der Waals surface area contributed by atoms with Crippen molar-refractivity contribution < 1.29 is 19.1 Å². The van der Waals surface area contributed by atoms with Crippen molar-refractivity contribution in [3.05, 3.63) is 58.1 Å². The van der Waals surface area contributed by atoms with E-state index in [2.05, 4.69) is 5.32 Å². The molecule has 144 valence electrons. The maximum atomic E-state index is 12.3. The SMILES string of the molecule is Cc1cc(C)c(OCC(=O)O[C@H](C)C(=O)Nc2cc(C)ccc2C)c(C)c1. The first kappa shape index (κ1) is 20.5. The topological polar surface area (TPSA) is 64.6 Å². The van der Waals surface area contributed by atoms with E-state index >= 15 is 0 Å². The van der Waals surface area contributed by atoms with Crippen LogP contribution in [0.3, 0.4) is 0 Å². The minimum atomic E-state index is -0.916. The van der Waals surface area contributed by atoms with Gasteiger partial charge in [-0.15, -0.1) is 0 Å². The Balaban J connectivity index is 1.91. The van der Waals surface area contributed by atoms with Crippen molar-refractivity contribution in [3.8, 4) is 5.75 Å². The molecule has 0 aliphatic rings. The Morgan fingerprint density at radius 3 is 2.19 bits per heavy atom. The van der Waals surface area contributed by atoms with Gasteiger partial charge in [0, 0.05) is 5.69 Å². The van der Waals surface area contributed by atoms with E-state index in [0.717, 1.165) is 27.8 Å². The number of amides is 1. The number of nitrogens with one attached hydrogen (secondary N) is 1. The quantitative estimate of drug-likeness (QED) is 0.776. The number of carbonyl (C=O) groups excluding carboxylic acids is 2. The van der Waals surface area contributed by atoms with Crippen molar-refractivity contribution in [3.63, 3.8) is 0 Å². The predicted molar refractivity (Wildman–Crippen MR) is 106 cm³/mol. The van der Waals surface area contributed by atoms with Crippen LogP contribution in [-0.2, 0) is 14.3 Å². The molecule has 0 heterocycles. The number of carbonyl (C=O) groups is 2. The first-order valence-corrected chi connectivity index (χ1v) is 8.95. The van der Waals surface area contributed by atoms with E-state index in [1.807, 2.05) is 65.0 Å². The summed E-state index contributed by atoms with van der Waals surface area (Å²) in [5.74, 6) is -0.289. The first-order valence-electron chi connectivity index (χ1n) is 8.95. The molecule has 0 saturated carbocycles. The summed E-state index contributed by atoms with van der Waals surface area (Å²) in [5, 5.41) is 2.80. The lowest BCUT2D eigenvalue weighted by atomic mass is 10.1. The van der Waals surface area contributed by atoms with Crippen LogP contribution in [0.15, 0.2) is 30.3 Å². The van der Waals surface area contributed by atoms with Crippen LogP contribution in [0.2, 0.25) is 0 Å². The fraction of sp³-hybridized carbons (Fsp3) is 0.364. The molecule has 2 aromatic rings. The lowest BCUT2D eigenvalue weighted by Gasteiger charge is -2.16. The Kier molecular flexibility index (Phi) is 6.61. The Morgan fingerprint density at radius 1 is 0.926 bits per heavy atom. The molecular formula is C22H27NO4. The van der Waals surface area contributed by atoms with Gasteiger partial charge >= 0.3 is 5.97 Å². The van der Waals surface area contributed by atoms with Gasteiger partial charge in [-0.2, -0.15) is 0 Å². The summed E-state index contributed by atoms with van der Waals surface area (Å²) in [5.41, 5.74) is 5.75. The molecule has 2 rings (SSSR count). The predicted octanol–water partition coefficient (Wildman–Crippen LogP) is 4.18. The summed E-state index contributed by atoms with van der Waals surface area (Å²) in [6.45, 7) is 11.0. The van der Waals surface area contributed by atoms with Crippen molar-refractivity contribution in [2.24, 2.45) is 0 Å². The molecule has 0 aromatic heterocycles. The summed E-state index contributed by atoms with van der Waals surface area (Å²) in [4.78, 5) is 24.4. The number of esters is 1. The van der Waals surface area contributed by atoms with Gasteiger partial charge in [0.15, 0.2) is 12.7 Å². The van der Waals surface area contributed by atoms with Crippen molar-refractivity contribution in [1.29, 1.82) is 0 Å². The summed E-state index contributed by atoms with van der Waals surface area (Å²) in [6, 6.07) is 9.78. The number of benzene rings is 2. The zero-order valence-corrected chi connectivity index (χ0v) is 16.8. The summed E-state index contributed by atoms with van der Waals surface area (Å²) in [6.07, 6.45) is -0.916. The zero-order valence-electron chi connectivity index (χ0n) is 16.8. The van der Waals surface area contributed by atoms with Crippen LogP contribution < -0.4 is 10.1 Å². The summed E-state index contributed by atoms with van der Waals surface area (Å²) in [7, 11) is 0. The van der Waals surface area contributed by atoms with E-state index in [1.165, 1.54) is 0 Å². The number of aryl methyl sites for hydroxylation is 5. The highest BCUT2D eigenvalue weighted by atomic mass is 16.6. The van der Waals surface area contributed by atoms with Gasteiger partial charge in [-0.25, -0.2) is 4.79 Å². The van der Waals surface area contributed by atoms with Crippen LogP contribution in [0, 0.1) is 34.6 Å². The Morgan fingerprint density at radius 2 is 1.56 bits per heavy atom. The third-order valence-electron chi connectivity index (χ3n) is 4.27. The average molecular weight is 369 g/mol. The molecule has 0 aliphatic heterocycles. The van der Waals surface area contributed by atoms with Gasteiger partial charge < -0.3 is 14.8 Å². The second-order valence-corrected chi connectivity index (χ2v) is 6.96. The Bertz CT molecular complexity index is 834. The van der Waals surface area contributed by atoms with Gasteiger partial charge in [0.1, 0.15) is 5.75 Å². The van der Waals surface area contributed by atoms with Crippen molar-refractivity contribution in [2.75, 3.05) is 11.9 Å². The second-order valence-electron chi connectivity index (χ2n) is 6.96. The third-order valence-corrected chi connectivity index (χ3v) is 4.27. The highest BCUT2D eigenvalue weighted by Crippen LogP contribution is 2.24. The molecule has 0 bridgehead atoms. The molecule has 1 amide bonds. The van der Waals surface area contributed by atoms with E-state index in [0.29, 0.717) is 11.4 Å². The molecule has 0 aliphatic carbocycles. The molecule has 0 saturated heterocycles. The molecule has 1 N–H and O–H groups in total. The maximum absolute atomic E-state index is 12.3. The van der Waals surface area contributed by atoms with Gasteiger partial charge in [-0.3, -0.25) is 4.79 Å². The number of ether oxygens (including phenoxy) is 2. The van der Waals surface area contributed by atoms with E-state index in [1.54, 1.807) is 6.92 Å². The van der Waals surface area contributed by atoms with Crippen LogP contribution in [-0.4, -0.2) is 24.6 Å². The molecule has 2 aromatic carbocycles. The minimum Gasteiger partial charge on any atom is -0.481 e. The molecule has 0 radical (unpaired) electrons. The standard InChI is InChI=1S/C22H27NO4/c1-13-7-8-15(3)19(11-13)23-22(25)18(6)27-20(24)12-26-21-16(4)9-14(2)10-17(21)5/h7-11,18H,12H2,1-6H3,(H,23,25)/t18-/m1/s1. The molecule has 0 unspecified atom stereocenters. The summed E-state index contributed by atoms with van der Waals surface area (Å²) >= 11 is 0. The lowest BCUT2D eigenvalue weighted by molar-refractivity contribution is -0.155. The number of anilines is 1. The first-order chi connectivity index (χ1) is 12.7. The highest BCUT2D eigenvalue weighted by molar-refractivity contribution is 5.95. The number of rotatable bonds is 6. The Hall–Kier alpha value is -2.82. The highest BCUT2D eigenvalue weighted by Gasteiger charge is 2.19. The second kappa shape index (κ2) is 8.71. The molecule has 5 nitrogen and oxygen atoms in total. The molecule has 27 heavy (non-hydrogen) atoms. The number of hydrogen-bond donors (Lipinski definition) is 1. The van der Waals surface area contributed by atoms with Crippen LogP contribution in [0.25, 0.3) is 0 Å². The van der Waals surface area contributed by atoms with Crippen molar-refractivity contribution in [1.82, 2.24) is 0 Å². The third kappa shape index (κ3) is 5.58. The van der Waals surface area contributed by atoms with E-state index in [9.17, 15) is 9.59 Å². The fourth-order valence-corrected chi connectivity index (χ4v) is 2.92. The van der Waals surface area contributed by atoms with Crippen LogP contribution in [0.5, 0.6) is 5.75 Å². The number of hydrogen-bond acceptors (Lipinski definition) is 4. The van der Waals surface area contributed by atoms with Crippen LogP contribution in [0.4, 0.5) is 5.69 Å².